The average Bonchev–Trinajstić information content (AvgIpc) is 2.92. The van der Waals surface area contributed by atoms with Gasteiger partial charge in [-0.1, -0.05) is 48.5 Å². The third-order valence-corrected chi connectivity index (χ3v) is 8.24. The minimum atomic E-state index is -3.99. The van der Waals surface area contributed by atoms with E-state index in [4.69, 9.17) is 4.74 Å². The van der Waals surface area contributed by atoms with E-state index in [9.17, 15) is 13.2 Å². The van der Waals surface area contributed by atoms with Gasteiger partial charge in [0.15, 0.2) is 0 Å². The normalized spacial score (nSPS) is 11.0. The zero-order valence-corrected chi connectivity index (χ0v) is 21.3. The number of carbonyl (C=O) groups is 1. The summed E-state index contributed by atoms with van der Waals surface area (Å²) in [5, 5.41) is 2.81. The van der Waals surface area contributed by atoms with Gasteiger partial charge in [0.1, 0.15) is 12.3 Å². The SMILES string of the molecule is COc1ccc(S(=O)(=O)N(CC(=O)Nc2ccc(CSc3ccccc3)cc2)c2ccccc2)cc1. The summed E-state index contributed by atoms with van der Waals surface area (Å²) >= 11 is 1.73. The number of thioether (sulfide) groups is 1. The number of carbonyl (C=O) groups excluding carboxylic acids is 1. The van der Waals surface area contributed by atoms with E-state index in [0.29, 0.717) is 17.1 Å². The van der Waals surface area contributed by atoms with Crippen molar-refractivity contribution in [2.75, 3.05) is 23.3 Å². The van der Waals surface area contributed by atoms with Crippen LogP contribution in [0.5, 0.6) is 5.75 Å². The Hall–Kier alpha value is -3.75. The number of sulfonamides is 1. The molecule has 4 rings (SSSR count). The van der Waals surface area contributed by atoms with Gasteiger partial charge >= 0.3 is 0 Å². The van der Waals surface area contributed by atoms with Gasteiger partial charge in [-0.05, 0) is 66.2 Å². The lowest BCUT2D eigenvalue weighted by Gasteiger charge is -2.24. The quantitative estimate of drug-likeness (QED) is 0.268. The van der Waals surface area contributed by atoms with Gasteiger partial charge in [-0.3, -0.25) is 9.10 Å². The van der Waals surface area contributed by atoms with E-state index in [2.05, 4.69) is 17.4 Å². The van der Waals surface area contributed by atoms with Gasteiger partial charge in [0.05, 0.1) is 17.7 Å². The molecule has 0 atom stereocenters. The van der Waals surface area contributed by atoms with Gasteiger partial charge in [-0.2, -0.15) is 0 Å². The first-order valence-corrected chi connectivity index (χ1v) is 13.7. The zero-order valence-electron chi connectivity index (χ0n) is 19.7. The van der Waals surface area contributed by atoms with Crippen LogP contribution in [0.1, 0.15) is 5.56 Å². The van der Waals surface area contributed by atoms with Crippen LogP contribution in [0.15, 0.2) is 119 Å². The van der Waals surface area contributed by atoms with Crippen LogP contribution in [0.3, 0.4) is 0 Å². The maximum absolute atomic E-state index is 13.5. The molecule has 0 aliphatic rings. The monoisotopic (exact) mass is 518 g/mol. The molecule has 0 saturated heterocycles. The van der Waals surface area contributed by atoms with E-state index >= 15 is 0 Å². The Labute approximate surface area is 216 Å². The Balaban J connectivity index is 1.46. The predicted molar refractivity (Wildman–Crippen MR) is 145 cm³/mol. The smallest absolute Gasteiger partial charge is 0.264 e. The molecule has 1 amide bonds. The Kier molecular flexibility index (Phi) is 8.30. The van der Waals surface area contributed by atoms with Crippen LogP contribution < -0.4 is 14.4 Å². The van der Waals surface area contributed by atoms with Crippen molar-refractivity contribution in [1.82, 2.24) is 0 Å². The maximum Gasteiger partial charge on any atom is 0.264 e. The van der Waals surface area contributed by atoms with Crippen LogP contribution >= 0.6 is 11.8 Å². The van der Waals surface area contributed by atoms with Crippen molar-refractivity contribution in [2.45, 2.75) is 15.5 Å². The first-order chi connectivity index (χ1) is 17.5. The van der Waals surface area contributed by atoms with Crippen molar-refractivity contribution >= 4 is 39.1 Å². The van der Waals surface area contributed by atoms with Crippen molar-refractivity contribution in [3.05, 3.63) is 115 Å². The highest BCUT2D eigenvalue weighted by atomic mass is 32.2. The van der Waals surface area contributed by atoms with E-state index in [0.717, 1.165) is 15.6 Å². The number of anilines is 2. The fourth-order valence-corrected chi connectivity index (χ4v) is 5.78. The van der Waals surface area contributed by atoms with Gasteiger partial charge < -0.3 is 10.1 Å². The predicted octanol–water partition coefficient (Wildman–Crippen LogP) is 5.82. The second-order valence-corrected chi connectivity index (χ2v) is 10.8. The van der Waals surface area contributed by atoms with E-state index < -0.39 is 15.9 Å². The fraction of sp³-hybridized carbons (Fsp3) is 0.107. The second-order valence-electron chi connectivity index (χ2n) is 7.87. The average molecular weight is 519 g/mol. The lowest BCUT2D eigenvalue weighted by atomic mass is 10.2. The van der Waals surface area contributed by atoms with Crippen molar-refractivity contribution in [3.8, 4) is 5.75 Å². The van der Waals surface area contributed by atoms with Crippen molar-refractivity contribution in [2.24, 2.45) is 0 Å². The minimum absolute atomic E-state index is 0.0697. The van der Waals surface area contributed by atoms with Crippen LogP contribution in [0, 0.1) is 0 Å². The summed E-state index contributed by atoms with van der Waals surface area (Å²) < 4.78 is 33.1. The highest BCUT2D eigenvalue weighted by molar-refractivity contribution is 7.98. The highest BCUT2D eigenvalue weighted by Gasteiger charge is 2.27. The molecule has 8 heteroatoms. The molecule has 4 aromatic carbocycles. The standard InChI is InChI=1S/C28H26N2O4S2/c1-34-25-16-18-27(19-17-25)36(32,33)30(24-8-4-2-5-9-24)20-28(31)29-23-14-12-22(13-15-23)21-35-26-10-6-3-7-11-26/h2-19H,20-21H2,1H3,(H,29,31). The van der Waals surface area contributed by atoms with Crippen LogP contribution in [0.4, 0.5) is 11.4 Å². The Morgan fingerprint density at radius 1 is 0.833 bits per heavy atom. The summed E-state index contributed by atoms with van der Waals surface area (Å²) in [6.07, 6.45) is 0. The fourth-order valence-electron chi connectivity index (χ4n) is 3.48. The largest absolute Gasteiger partial charge is 0.497 e. The molecular weight excluding hydrogens is 492 g/mol. The highest BCUT2D eigenvalue weighted by Crippen LogP contribution is 2.26. The van der Waals surface area contributed by atoms with Gasteiger partial charge in [-0.15, -0.1) is 11.8 Å². The molecule has 0 radical (unpaired) electrons. The lowest BCUT2D eigenvalue weighted by Crippen LogP contribution is -2.38. The molecular formula is C28H26N2O4S2. The summed E-state index contributed by atoms with van der Waals surface area (Å²) in [5.74, 6) is 0.908. The molecule has 0 heterocycles. The molecule has 0 spiro atoms. The van der Waals surface area contributed by atoms with Gasteiger partial charge in [0.25, 0.3) is 10.0 Å². The van der Waals surface area contributed by atoms with Crippen molar-refractivity contribution in [1.29, 1.82) is 0 Å². The first-order valence-electron chi connectivity index (χ1n) is 11.2. The summed E-state index contributed by atoms with van der Waals surface area (Å²) in [6, 6.07) is 32.4. The molecule has 4 aromatic rings. The van der Waals surface area contributed by atoms with Crippen LogP contribution in [0.25, 0.3) is 0 Å². The van der Waals surface area contributed by atoms with Gasteiger partial charge in [-0.25, -0.2) is 8.42 Å². The van der Waals surface area contributed by atoms with Gasteiger partial charge in [0.2, 0.25) is 5.91 Å². The summed E-state index contributed by atoms with van der Waals surface area (Å²) in [5.41, 5.74) is 2.12. The first kappa shape index (κ1) is 25.3. The second kappa shape index (κ2) is 11.8. The van der Waals surface area contributed by atoms with Crippen LogP contribution in [-0.2, 0) is 20.6 Å². The molecule has 0 unspecified atom stereocenters. The molecule has 0 saturated carbocycles. The van der Waals surface area contributed by atoms with Crippen molar-refractivity contribution in [3.63, 3.8) is 0 Å². The summed E-state index contributed by atoms with van der Waals surface area (Å²) in [7, 11) is -2.48. The number of methoxy groups -OCH3 is 1. The number of benzene rings is 4. The molecule has 1 N–H and O–H groups in total. The number of amides is 1. The number of nitrogens with zero attached hydrogens (tertiary/aromatic N) is 1. The zero-order chi connectivity index (χ0) is 25.4. The molecule has 0 bridgehead atoms. The number of ether oxygens (including phenoxy) is 1. The lowest BCUT2D eigenvalue weighted by molar-refractivity contribution is -0.114. The molecule has 0 aliphatic carbocycles. The topological polar surface area (TPSA) is 75.7 Å². The molecule has 6 nitrogen and oxygen atoms in total. The van der Waals surface area contributed by atoms with E-state index in [1.54, 1.807) is 54.2 Å². The minimum Gasteiger partial charge on any atom is -0.497 e. The van der Waals surface area contributed by atoms with Crippen LogP contribution in [-0.4, -0.2) is 28.0 Å². The third-order valence-electron chi connectivity index (χ3n) is 5.37. The molecule has 0 aromatic heterocycles. The number of hydrogen-bond donors (Lipinski definition) is 1. The van der Waals surface area contributed by atoms with Crippen LogP contribution in [0.2, 0.25) is 0 Å². The molecule has 0 fully saturated rings. The number of rotatable bonds is 10. The van der Waals surface area contributed by atoms with Crippen molar-refractivity contribution < 1.29 is 17.9 Å². The Morgan fingerprint density at radius 2 is 1.44 bits per heavy atom. The Bertz CT molecular complexity index is 1380. The number of para-hydroxylation sites is 1. The number of hydrogen-bond acceptors (Lipinski definition) is 5. The third kappa shape index (κ3) is 6.47. The van der Waals surface area contributed by atoms with E-state index in [-0.39, 0.29) is 11.4 Å². The molecule has 0 aliphatic heterocycles. The molecule has 184 valence electrons. The Morgan fingerprint density at radius 3 is 2.06 bits per heavy atom. The van der Waals surface area contributed by atoms with E-state index in [1.165, 1.54) is 24.1 Å². The van der Waals surface area contributed by atoms with Gasteiger partial charge in [0, 0.05) is 16.3 Å². The van der Waals surface area contributed by atoms with E-state index in [1.807, 2.05) is 42.5 Å². The number of nitrogens with one attached hydrogen (secondary N) is 1. The summed E-state index contributed by atoms with van der Waals surface area (Å²) in [4.78, 5) is 14.2. The maximum atomic E-state index is 13.5. The summed E-state index contributed by atoms with van der Waals surface area (Å²) in [6.45, 7) is -0.371. The molecule has 36 heavy (non-hydrogen) atoms.